The van der Waals surface area contributed by atoms with Gasteiger partial charge in [-0.05, 0) is 44.9 Å². The van der Waals surface area contributed by atoms with E-state index in [0.717, 1.165) is 25.9 Å². The number of hydrogen-bond donors (Lipinski definition) is 1. The zero-order valence-electron chi connectivity index (χ0n) is 13.7. The standard InChI is InChI=1S/C18H25N3O2/c1-18(22)7-10-23-13-15(18)17-6-4-8-20(17)12-14-11-19-21-9-3-2-5-16(14)21/h2-3,5,9,11,15,17,22H,4,6-8,10,12-13H2,1H3. The number of aliphatic hydroxyl groups is 1. The number of ether oxygens (including phenoxy) is 1. The quantitative estimate of drug-likeness (QED) is 0.942. The van der Waals surface area contributed by atoms with Crippen LogP contribution in [0.3, 0.4) is 0 Å². The van der Waals surface area contributed by atoms with Crippen molar-refractivity contribution in [3.05, 3.63) is 36.2 Å². The average molecular weight is 315 g/mol. The van der Waals surface area contributed by atoms with Crippen LogP contribution in [0.4, 0.5) is 0 Å². The van der Waals surface area contributed by atoms with Gasteiger partial charge in [-0.2, -0.15) is 5.10 Å². The lowest BCUT2D eigenvalue weighted by Gasteiger charge is -2.43. The largest absolute Gasteiger partial charge is 0.390 e. The van der Waals surface area contributed by atoms with Crippen LogP contribution in [0.1, 0.15) is 31.7 Å². The molecule has 0 bridgehead atoms. The van der Waals surface area contributed by atoms with Gasteiger partial charge in [0.05, 0.1) is 23.9 Å². The summed E-state index contributed by atoms with van der Waals surface area (Å²) in [7, 11) is 0. The lowest BCUT2D eigenvalue weighted by atomic mass is 9.79. The zero-order valence-corrected chi connectivity index (χ0v) is 13.7. The summed E-state index contributed by atoms with van der Waals surface area (Å²) >= 11 is 0. The predicted molar refractivity (Wildman–Crippen MR) is 88.2 cm³/mol. The van der Waals surface area contributed by atoms with E-state index >= 15 is 0 Å². The first-order valence-corrected chi connectivity index (χ1v) is 8.60. The normalized spacial score (nSPS) is 32.6. The maximum absolute atomic E-state index is 10.8. The molecule has 0 amide bonds. The second kappa shape index (κ2) is 5.89. The molecule has 0 radical (unpaired) electrons. The molecule has 3 unspecified atom stereocenters. The predicted octanol–water partition coefficient (Wildman–Crippen LogP) is 2.09. The lowest BCUT2D eigenvalue weighted by molar-refractivity contribution is -0.123. The van der Waals surface area contributed by atoms with Gasteiger partial charge in [-0.3, -0.25) is 4.90 Å². The number of likely N-dealkylation sites (tertiary alicyclic amines) is 1. The van der Waals surface area contributed by atoms with E-state index in [1.807, 2.05) is 29.9 Å². The molecule has 0 saturated carbocycles. The molecule has 0 spiro atoms. The van der Waals surface area contributed by atoms with E-state index < -0.39 is 5.60 Å². The van der Waals surface area contributed by atoms with Gasteiger partial charge in [-0.1, -0.05) is 6.07 Å². The number of nitrogens with zero attached hydrogens (tertiary/aromatic N) is 3. The summed E-state index contributed by atoms with van der Waals surface area (Å²) in [6.45, 7) is 5.30. The van der Waals surface area contributed by atoms with Crippen molar-refractivity contribution in [2.75, 3.05) is 19.8 Å². The van der Waals surface area contributed by atoms with E-state index in [0.29, 0.717) is 19.3 Å². The maximum Gasteiger partial charge on any atom is 0.0706 e. The van der Waals surface area contributed by atoms with Gasteiger partial charge in [0, 0.05) is 36.9 Å². The Bertz CT molecular complexity index is 682. The molecule has 3 atom stereocenters. The Morgan fingerprint density at radius 2 is 2.35 bits per heavy atom. The van der Waals surface area contributed by atoms with Crippen molar-refractivity contribution in [1.82, 2.24) is 14.5 Å². The van der Waals surface area contributed by atoms with Gasteiger partial charge >= 0.3 is 0 Å². The molecule has 2 aliphatic rings. The summed E-state index contributed by atoms with van der Waals surface area (Å²) in [6.07, 6.45) is 7.03. The van der Waals surface area contributed by atoms with Crippen LogP contribution in [-0.2, 0) is 11.3 Å². The molecule has 2 saturated heterocycles. The van der Waals surface area contributed by atoms with Crippen molar-refractivity contribution < 1.29 is 9.84 Å². The maximum atomic E-state index is 10.8. The minimum absolute atomic E-state index is 0.195. The summed E-state index contributed by atoms with van der Waals surface area (Å²) in [5.74, 6) is 0.195. The molecule has 5 heteroatoms. The lowest BCUT2D eigenvalue weighted by Crippen LogP contribution is -2.52. The molecular formula is C18H25N3O2. The number of rotatable bonds is 3. The molecule has 2 aliphatic heterocycles. The highest BCUT2D eigenvalue weighted by Gasteiger charge is 2.44. The summed E-state index contributed by atoms with van der Waals surface area (Å²) in [5, 5.41) is 15.2. The third kappa shape index (κ3) is 2.77. The Morgan fingerprint density at radius 1 is 1.43 bits per heavy atom. The first-order valence-electron chi connectivity index (χ1n) is 8.60. The fourth-order valence-electron chi connectivity index (χ4n) is 4.21. The molecule has 0 aromatic carbocycles. The van der Waals surface area contributed by atoms with Gasteiger partial charge in [-0.25, -0.2) is 4.52 Å². The van der Waals surface area contributed by atoms with Crippen LogP contribution in [0.2, 0.25) is 0 Å². The molecule has 4 rings (SSSR count). The van der Waals surface area contributed by atoms with Crippen molar-refractivity contribution in [2.45, 2.75) is 44.4 Å². The number of hydrogen-bond acceptors (Lipinski definition) is 4. The van der Waals surface area contributed by atoms with Gasteiger partial charge in [-0.15, -0.1) is 0 Å². The second-order valence-corrected chi connectivity index (χ2v) is 7.17. The molecular weight excluding hydrogens is 290 g/mol. The minimum atomic E-state index is -0.618. The van der Waals surface area contributed by atoms with E-state index in [1.54, 1.807) is 0 Å². The van der Waals surface area contributed by atoms with Gasteiger partial charge in [0.15, 0.2) is 0 Å². The third-order valence-corrected chi connectivity index (χ3v) is 5.61. The van der Waals surface area contributed by atoms with Crippen LogP contribution in [0.5, 0.6) is 0 Å². The third-order valence-electron chi connectivity index (χ3n) is 5.61. The van der Waals surface area contributed by atoms with Crippen LogP contribution >= 0.6 is 0 Å². The van der Waals surface area contributed by atoms with E-state index in [9.17, 15) is 5.11 Å². The molecule has 0 aliphatic carbocycles. The highest BCUT2D eigenvalue weighted by molar-refractivity contribution is 5.53. The van der Waals surface area contributed by atoms with Crippen LogP contribution in [0, 0.1) is 5.92 Å². The van der Waals surface area contributed by atoms with Crippen molar-refractivity contribution in [3.63, 3.8) is 0 Å². The fourth-order valence-corrected chi connectivity index (χ4v) is 4.21. The molecule has 2 fully saturated rings. The topological polar surface area (TPSA) is 50.0 Å². The summed E-state index contributed by atoms with van der Waals surface area (Å²) in [5.41, 5.74) is 1.81. The molecule has 2 aromatic heterocycles. The fraction of sp³-hybridized carbons (Fsp3) is 0.611. The van der Waals surface area contributed by atoms with Crippen LogP contribution in [0.15, 0.2) is 30.6 Å². The smallest absolute Gasteiger partial charge is 0.0706 e. The van der Waals surface area contributed by atoms with Crippen molar-refractivity contribution in [3.8, 4) is 0 Å². The monoisotopic (exact) mass is 315 g/mol. The number of pyridine rings is 1. The van der Waals surface area contributed by atoms with E-state index in [-0.39, 0.29) is 5.92 Å². The number of aromatic nitrogens is 2. The summed E-state index contributed by atoms with van der Waals surface area (Å²) < 4.78 is 7.61. The van der Waals surface area contributed by atoms with E-state index in [1.165, 1.54) is 17.5 Å². The zero-order chi connectivity index (χ0) is 15.9. The van der Waals surface area contributed by atoms with Gasteiger partial charge in [0.1, 0.15) is 0 Å². The van der Waals surface area contributed by atoms with Gasteiger partial charge in [0.25, 0.3) is 0 Å². The molecule has 4 heterocycles. The molecule has 1 N–H and O–H groups in total. The van der Waals surface area contributed by atoms with Gasteiger partial charge in [0.2, 0.25) is 0 Å². The molecule has 23 heavy (non-hydrogen) atoms. The Labute approximate surface area is 136 Å². The number of fused-ring (bicyclic) bond motifs is 1. The molecule has 124 valence electrons. The van der Waals surface area contributed by atoms with Crippen molar-refractivity contribution in [2.24, 2.45) is 5.92 Å². The van der Waals surface area contributed by atoms with Crippen molar-refractivity contribution in [1.29, 1.82) is 0 Å². The second-order valence-electron chi connectivity index (χ2n) is 7.17. The Balaban J connectivity index is 1.56. The highest BCUT2D eigenvalue weighted by Crippen LogP contribution is 2.36. The summed E-state index contributed by atoms with van der Waals surface area (Å²) in [6, 6.07) is 6.57. The molecule has 2 aromatic rings. The molecule has 5 nitrogen and oxygen atoms in total. The Kier molecular flexibility index (Phi) is 3.87. The summed E-state index contributed by atoms with van der Waals surface area (Å²) in [4.78, 5) is 2.51. The van der Waals surface area contributed by atoms with Crippen LogP contribution in [-0.4, -0.2) is 51.0 Å². The van der Waals surface area contributed by atoms with Crippen LogP contribution in [0.25, 0.3) is 5.52 Å². The van der Waals surface area contributed by atoms with E-state index in [2.05, 4.69) is 22.1 Å². The van der Waals surface area contributed by atoms with Gasteiger partial charge < -0.3 is 9.84 Å². The Morgan fingerprint density at radius 3 is 3.22 bits per heavy atom. The van der Waals surface area contributed by atoms with Crippen molar-refractivity contribution >= 4 is 5.52 Å². The highest BCUT2D eigenvalue weighted by atomic mass is 16.5. The van der Waals surface area contributed by atoms with E-state index in [4.69, 9.17) is 4.74 Å². The SMILES string of the molecule is CC1(O)CCOCC1C1CCCN1Cc1cnn2ccccc12. The average Bonchev–Trinajstić information content (AvgIpc) is 3.15. The Hall–Kier alpha value is -1.43. The van der Waals surface area contributed by atoms with Crippen LogP contribution < -0.4 is 0 Å². The minimum Gasteiger partial charge on any atom is -0.390 e. The first-order chi connectivity index (χ1) is 11.1. The first kappa shape index (κ1) is 15.1.